The number of ether oxygens (including phenoxy) is 2. The number of aromatic nitrogens is 1. The average molecular weight is 377 g/mol. The third kappa shape index (κ3) is 4.11. The van der Waals surface area contributed by atoms with E-state index in [1.165, 1.54) is 5.56 Å². The van der Waals surface area contributed by atoms with Gasteiger partial charge in [0.1, 0.15) is 5.75 Å². The molecule has 0 radical (unpaired) electrons. The van der Waals surface area contributed by atoms with E-state index in [1.54, 1.807) is 7.11 Å². The van der Waals surface area contributed by atoms with E-state index in [-0.39, 0.29) is 6.04 Å². The van der Waals surface area contributed by atoms with E-state index in [0.717, 1.165) is 60.9 Å². The molecule has 28 heavy (non-hydrogen) atoms. The minimum atomic E-state index is 0.266. The van der Waals surface area contributed by atoms with Crippen molar-refractivity contribution >= 4 is 16.6 Å². The Kier molecular flexibility index (Phi) is 5.74. The molecule has 1 unspecified atom stereocenters. The quantitative estimate of drug-likeness (QED) is 0.703. The van der Waals surface area contributed by atoms with Crippen LogP contribution in [-0.4, -0.2) is 49.8 Å². The number of morpholine rings is 1. The number of hydrogen-bond donors (Lipinski definition) is 1. The number of nitrogens with one attached hydrogen (secondary N) is 1. The molecule has 5 heteroatoms. The lowest BCUT2D eigenvalue weighted by Crippen LogP contribution is -2.41. The Balaban J connectivity index is 1.60. The van der Waals surface area contributed by atoms with Gasteiger partial charge in [-0.05, 0) is 36.8 Å². The van der Waals surface area contributed by atoms with Crippen molar-refractivity contribution in [2.24, 2.45) is 0 Å². The summed E-state index contributed by atoms with van der Waals surface area (Å²) in [5.41, 5.74) is 4.46. The zero-order valence-corrected chi connectivity index (χ0v) is 16.5. The summed E-state index contributed by atoms with van der Waals surface area (Å²) in [5, 5.41) is 4.86. The van der Waals surface area contributed by atoms with E-state index in [2.05, 4.69) is 51.6 Å². The molecule has 1 fully saturated rings. The topological polar surface area (TPSA) is 46.6 Å². The monoisotopic (exact) mass is 377 g/mol. The highest BCUT2D eigenvalue weighted by atomic mass is 16.5. The predicted molar refractivity (Wildman–Crippen MR) is 113 cm³/mol. The van der Waals surface area contributed by atoms with Crippen molar-refractivity contribution in [1.29, 1.82) is 0 Å². The van der Waals surface area contributed by atoms with Crippen LogP contribution in [0.2, 0.25) is 0 Å². The van der Waals surface area contributed by atoms with Crippen molar-refractivity contribution in [1.82, 2.24) is 9.88 Å². The van der Waals surface area contributed by atoms with E-state index in [0.29, 0.717) is 0 Å². The lowest BCUT2D eigenvalue weighted by Gasteiger charge is -2.35. The zero-order chi connectivity index (χ0) is 19.3. The smallest absolute Gasteiger partial charge is 0.118 e. The van der Waals surface area contributed by atoms with Gasteiger partial charge in [0.05, 0.1) is 31.9 Å². The first-order valence-corrected chi connectivity index (χ1v) is 9.80. The van der Waals surface area contributed by atoms with Crippen molar-refractivity contribution in [3.63, 3.8) is 0 Å². The molecule has 1 saturated heterocycles. The second-order valence-electron chi connectivity index (χ2n) is 7.15. The number of benzene rings is 2. The summed E-state index contributed by atoms with van der Waals surface area (Å²) >= 11 is 0. The molecule has 0 bridgehead atoms. The molecule has 3 aromatic rings. The molecule has 0 aliphatic carbocycles. The Hall–Kier alpha value is -2.63. The maximum atomic E-state index is 5.57. The highest BCUT2D eigenvalue weighted by Crippen LogP contribution is 2.27. The van der Waals surface area contributed by atoms with Gasteiger partial charge < -0.3 is 14.8 Å². The largest absolute Gasteiger partial charge is 0.497 e. The van der Waals surface area contributed by atoms with E-state index >= 15 is 0 Å². The fraction of sp³-hybridized carbons (Fsp3) is 0.348. The number of rotatable bonds is 6. The first-order valence-electron chi connectivity index (χ1n) is 9.80. The van der Waals surface area contributed by atoms with E-state index in [4.69, 9.17) is 9.47 Å². The van der Waals surface area contributed by atoms with Gasteiger partial charge in [-0.1, -0.05) is 30.3 Å². The van der Waals surface area contributed by atoms with Crippen LogP contribution in [0.25, 0.3) is 10.9 Å². The summed E-state index contributed by atoms with van der Waals surface area (Å²) in [4.78, 5) is 7.14. The minimum absolute atomic E-state index is 0.266. The molecular weight excluding hydrogens is 350 g/mol. The van der Waals surface area contributed by atoms with Crippen LogP contribution in [0.3, 0.4) is 0 Å². The molecule has 2 aromatic carbocycles. The van der Waals surface area contributed by atoms with Crippen molar-refractivity contribution in [3.8, 4) is 5.75 Å². The number of hydrogen-bond acceptors (Lipinski definition) is 5. The summed E-state index contributed by atoms with van der Waals surface area (Å²) < 4.78 is 10.9. The van der Waals surface area contributed by atoms with Gasteiger partial charge >= 0.3 is 0 Å². The molecular formula is C23H27N3O2. The van der Waals surface area contributed by atoms with Gasteiger partial charge in [-0.3, -0.25) is 9.88 Å². The van der Waals surface area contributed by atoms with Crippen LogP contribution >= 0.6 is 0 Å². The molecule has 2 heterocycles. The van der Waals surface area contributed by atoms with E-state index in [1.807, 2.05) is 25.1 Å². The van der Waals surface area contributed by atoms with Gasteiger partial charge in [0.2, 0.25) is 0 Å². The fourth-order valence-electron chi connectivity index (χ4n) is 3.83. The number of pyridine rings is 1. The van der Waals surface area contributed by atoms with Gasteiger partial charge in [-0.15, -0.1) is 0 Å². The van der Waals surface area contributed by atoms with Crippen molar-refractivity contribution < 1.29 is 9.47 Å². The predicted octanol–water partition coefficient (Wildman–Crippen LogP) is 4.04. The molecule has 0 spiro atoms. The third-order valence-corrected chi connectivity index (χ3v) is 5.32. The van der Waals surface area contributed by atoms with Gasteiger partial charge in [-0.2, -0.15) is 0 Å². The standard InChI is InChI=1S/C23H27N3O2/c1-17-15-22(20-5-3-4-6-21(20)25-17)24-16-23(26-11-13-28-14-12-26)18-7-9-19(27-2)10-8-18/h3-10,15,23H,11-14,16H2,1-2H3,(H,24,25). The zero-order valence-electron chi connectivity index (χ0n) is 16.5. The Labute approximate surface area is 166 Å². The highest BCUT2D eigenvalue weighted by Gasteiger charge is 2.23. The maximum Gasteiger partial charge on any atom is 0.118 e. The first-order chi connectivity index (χ1) is 13.7. The molecule has 1 aliphatic rings. The maximum absolute atomic E-state index is 5.57. The number of anilines is 1. The Morgan fingerprint density at radius 3 is 2.61 bits per heavy atom. The summed E-state index contributed by atoms with van der Waals surface area (Å²) in [7, 11) is 1.70. The third-order valence-electron chi connectivity index (χ3n) is 5.32. The second kappa shape index (κ2) is 8.59. The number of aryl methyl sites for hydroxylation is 1. The molecule has 0 saturated carbocycles. The van der Waals surface area contributed by atoms with Crippen molar-refractivity contribution in [3.05, 3.63) is 65.9 Å². The lowest BCUT2D eigenvalue weighted by molar-refractivity contribution is 0.0187. The van der Waals surface area contributed by atoms with Gasteiger partial charge in [0, 0.05) is 36.4 Å². The Bertz CT molecular complexity index is 921. The fourth-order valence-corrected chi connectivity index (χ4v) is 3.83. The molecule has 1 atom stereocenters. The summed E-state index contributed by atoms with van der Waals surface area (Å²) in [6, 6.07) is 19.1. The van der Waals surface area contributed by atoms with Crippen LogP contribution in [0, 0.1) is 6.92 Å². The van der Waals surface area contributed by atoms with Crippen LogP contribution in [0.15, 0.2) is 54.6 Å². The molecule has 1 aliphatic heterocycles. The van der Waals surface area contributed by atoms with Gasteiger partial charge in [0.15, 0.2) is 0 Å². The number of nitrogens with zero attached hydrogens (tertiary/aromatic N) is 2. The van der Waals surface area contributed by atoms with Crippen LogP contribution in [0.4, 0.5) is 5.69 Å². The second-order valence-corrected chi connectivity index (χ2v) is 7.15. The molecule has 146 valence electrons. The molecule has 1 aromatic heterocycles. The minimum Gasteiger partial charge on any atom is -0.497 e. The van der Waals surface area contributed by atoms with Gasteiger partial charge in [-0.25, -0.2) is 0 Å². The highest BCUT2D eigenvalue weighted by molar-refractivity contribution is 5.91. The van der Waals surface area contributed by atoms with Crippen LogP contribution in [-0.2, 0) is 4.74 Å². The number of fused-ring (bicyclic) bond motifs is 1. The van der Waals surface area contributed by atoms with Crippen LogP contribution in [0.1, 0.15) is 17.3 Å². The number of para-hydroxylation sites is 1. The summed E-state index contributed by atoms with van der Waals surface area (Å²) in [5.74, 6) is 0.883. The Morgan fingerprint density at radius 2 is 1.86 bits per heavy atom. The first kappa shape index (κ1) is 18.7. The van der Waals surface area contributed by atoms with Crippen molar-refractivity contribution in [2.45, 2.75) is 13.0 Å². The van der Waals surface area contributed by atoms with Crippen LogP contribution in [0.5, 0.6) is 5.75 Å². The summed E-state index contributed by atoms with van der Waals surface area (Å²) in [6.45, 7) is 6.30. The molecule has 5 nitrogen and oxygen atoms in total. The Morgan fingerprint density at radius 1 is 1.11 bits per heavy atom. The van der Waals surface area contributed by atoms with Crippen molar-refractivity contribution in [2.75, 3.05) is 45.3 Å². The van der Waals surface area contributed by atoms with Gasteiger partial charge in [0.25, 0.3) is 0 Å². The SMILES string of the molecule is COc1ccc(C(CNc2cc(C)nc3ccccc23)N2CCOCC2)cc1. The average Bonchev–Trinajstić information content (AvgIpc) is 2.75. The molecule has 1 N–H and O–H groups in total. The molecule has 4 rings (SSSR count). The number of methoxy groups -OCH3 is 1. The molecule has 0 amide bonds. The van der Waals surface area contributed by atoms with E-state index < -0.39 is 0 Å². The lowest BCUT2D eigenvalue weighted by atomic mass is 10.0. The van der Waals surface area contributed by atoms with Crippen LogP contribution < -0.4 is 10.1 Å². The normalized spacial score (nSPS) is 16.1. The van der Waals surface area contributed by atoms with E-state index in [9.17, 15) is 0 Å². The summed E-state index contributed by atoms with van der Waals surface area (Å²) in [6.07, 6.45) is 0.